The van der Waals surface area contributed by atoms with Gasteiger partial charge in [0.05, 0.1) is 0 Å². The molecule has 1 aliphatic rings. The Kier molecular flexibility index (Phi) is 6.81. The minimum absolute atomic E-state index is 0.609. The summed E-state index contributed by atoms with van der Waals surface area (Å²) in [6, 6.07) is 0. The maximum atomic E-state index is 4.17. The molecule has 7 heteroatoms. The van der Waals surface area contributed by atoms with Gasteiger partial charge in [-0.25, -0.2) is 10.4 Å². The summed E-state index contributed by atoms with van der Waals surface area (Å²) in [5, 5.41) is 8.40. The molecule has 1 aliphatic heterocycles. The van der Waals surface area contributed by atoms with Gasteiger partial charge in [-0.1, -0.05) is 6.92 Å². The minimum atomic E-state index is 0.609. The number of aliphatic imine (C=N–C) groups is 2. The molecule has 0 bridgehead atoms. The van der Waals surface area contributed by atoms with E-state index in [2.05, 4.69) is 58.5 Å². The molecule has 0 saturated heterocycles. The van der Waals surface area contributed by atoms with Crippen molar-refractivity contribution in [3.05, 3.63) is 0 Å². The molecule has 18 heavy (non-hydrogen) atoms. The highest BCUT2D eigenvalue weighted by molar-refractivity contribution is 5.72. The van der Waals surface area contributed by atoms with E-state index >= 15 is 0 Å². The van der Waals surface area contributed by atoms with Crippen LogP contribution in [0.1, 0.15) is 27.7 Å². The van der Waals surface area contributed by atoms with Crippen LogP contribution in [0.2, 0.25) is 0 Å². The lowest BCUT2D eigenvalue weighted by molar-refractivity contribution is -0.267. The van der Waals surface area contributed by atoms with Crippen molar-refractivity contribution in [2.24, 2.45) is 9.98 Å². The first-order valence-electron chi connectivity index (χ1n) is 6.62. The number of nitrogens with zero attached hydrogens (tertiary/aromatic N) is 6. The molecule has 0 atom stereocenters. The van der Waals surface area contributed by atoms with Gasteiger partial charge in [0.25, 0.3) is 0 Å². The SMILES string of the molecule is CCNN(CC)N(CC)N(CC)N1C=NC=NC1. The van der Waals surface area contributed by atoms with Crippen LogP contribution in [0.25, 0.3) is 0 Å². The molecule has 1 heterocycles. The van der Waals surface area contributed by atoms with Crippen LogP contribution in [-0.2, 0) is 0 Å². The summed E-state index contributed by atoms with van der Waals surface area (Å²) in [7, 11) is 0. The fraction of sp³-hybridized carbons (Fsp3) is 0.818. The van der Waals surface area contributed by atoms with E-state index in [0.29, 0.717) is 6.67 Å². The number of hydrogen-bond donors (Lipinski definition) is 1. The van der Waals surface area contributed by atoms with Crippen molar-refractivity contribution in [3.8, 4) is 0 Å². The van der Waals surface area contributed by atoms with Crippen molar-refractivity contribution in [2.45, 2.75) is 27.7 Å². The van der Waals surface area contributed by atoms with Gasteiger partial charge in [0.2, 0.25) is 0 Å². The Balaban J connectivity index is 2.75. The molecule has 0 saturated carbocycles. The summed E-state index contributed by atoms with van der Waals surface area (Å²) in [5.41, 5.74) is 3.35. The third-order valence-electron chi connectivity index (χ3n) is 2.62. The zero-order valence-corrected chi connectivity index (χ0v) is 11.9. The number of hydrazine groups is 4. The van der Waals surface area contributed by atoms with E-state index in [4.69, 9.17) is 0 Å². The Morgan fingerprint density at radius 3 is 2.39 bits per heavy atom. The average Bonchev–Trinajstić information content (AvgIpc) is 2.43. The van der Waals surface area contributed by atoms with Crippen LogP contribution < -0.4 is 5.43 Å². The maximum absolute atomic E-state index is 4.17. The average molecular weight is 255 g/mol. The molecule has 0 spiro atoms. The number of nitrogens with one attached hydrogen (secondary N) is 1. The van der Waals surface area contributed by atoms with Gasteiger partial charge >= 0.3 is 0 Å². The van der Waals surface area contributed by atoms with Crippen LogP contribution in [0.4, 0.5) is 0 Å². The fourth-order valence-corrected chi connectivity index (χ4v) is 1.92. The molecule has 0 aromatic carbocycles. The van der Waals surface area contributed by atoms with Gasteiger partial charge in [0.15, 0.2) is 0 Å². The van der Waals surface area contributed by atoms with Crippen molar-refractivity contribution in [1.29, 1.82) is 0 Å². The molecule has 0 radical (unpaired) electrons. The molecular weight excluding hydrogens is 230 g/mol. The van der Waals surface area contributed by atoms with Gasteiger partial charge in [0, 0.05) is 26.2 Å². The number of rotatable bonds is 8. The first-order valence-corrected chi connectivity index (χ1v) is 6.62. The van der Waals surface area contributed by atoms with E-state index < -0.39 is 0 Å². The molecule has 7 nitrogen and oxygen atoms in total. The molecule has 0 unspecified atom stereocenters. The van der Waals surface area contributed by atoms with Gasteiger partial charge in [-0.15, -0.1) is 10.2 Å². The lowest BCUT2D eigenvalue weighted by atomic mass is 10.6. The maximum Gasteiger partial charge on any atom is 0.129 e. The van der Waals surface area contributed by atoms with Crippen LogP contribution in [0.3, 0.4) is 0 Å². The van der Waals surface area contributed by atoms with Crippen LogP contribution in [0.15, 0.2) is 9.98 Å². The molecule has 0 fully saturated rings. The largest absolute Gasteiger partial charge is 0.259 e. The van der Waals surface area contributed by atoms with E-state index in [1.807, 2.05) is 5.01 Å². The number of hydrogen-bond acceptors (Lipinski definition) is 7. The second-order valence-electron chi connectivity index (χ2n) is 3.75. The Labute approximate surface area is 110 Å². The van der Waals surface area contributed by atoms with E-state index in [1.54, 1.807) is 12.7 Å². The summed E-state index contributed by atoms with van der Waals surface area (Å²) in [4.78, 5) is 8.25. The molecule has 0 aromatic heterocycles. The Bertz CT molecular complexity index is 279. The minimum Gasteiger partial charge on any atom is -0.259 e. The standard InChI is InChI=1S/C11H25N7/c1-5-14-16(6-2)18(8-4)17(7-3)15-10-12-9-13-11-15/h9-10,14H,5-8,11H2,1-4H3. The van der Waals surface area contributed by atoms with Crippen LogP contribution in [-0.4, -0.2) is 65.9 Å². The summed E-state index contributed by atoms with van der Waals surface area (Å²) >= 11 is 0. The van der Waals surface area contributed by atoms with E-state index in [0.717, 1.165) is 26.2 Å². The van der Waals surface area contributed by atoms with Crippen molar-refractivity contribution < 1.29 is 0 Å². The molecule has 0 amide bonds. The zero-order valence-electron chi connectivity index (χ0n) is 11.9. The third-order valence-corrected chi connectivity index (χ3v) is 2.62. The summed E-state index contributed by atoms with van der Waals surface area (Å²) in [5.74, 6) is 0. The van der Waals surface area contributed by atoms with E-state index in [1.165, 1.54) is 0 Å². The molecule has 1 rings (SSSR count). The van der Waals surface area contributed by atoms with E-state index in [9.17, 15) is 0 Å². The quantitative estimate of drug-likeness (QED) is 0.642. The predicted molar refractivity (Wildman–Crippen MR) is 74.5 cm³/mol. The Hall–Kier alpha value is -1.02. The van der Waals surface area contributed by atoms with E-state index in [-0.39, 0.29) is 0 Å². The first-order chi connectivity index (χ1) is 8.78. The molecule has 1 N–H and O–H groups in total. The Morgan fingerprint density at radius 2 is 1.94 bits per heavy atom. The third kappa shape index (κ3) is 3.74. The normalized spacial score (nSPS) is 15.4. The van der Waals surface area contributed by atoms with Crippen LogP contribution in [0, 0.1) is 0 Å². The van der Waals surface area contributed by atoms with Gasteiger partial charge < -0.3 is 0 Å². The highest BCUT2D eigenvalue weighted by atomic mass is 16.0. The van der Waals surface area contributed by atoms with Gasteiger partial charge in [-0.3, -0.25) is 10.0 Å². The summed E-state index contributed by atoms with van der Waals surface area (Å²) in [6.45, 7) is 12.6. The predicted octanol–water partition coefficient (Wildman–Crippen LogP) is 0.551. The van der Waals surface area contributed by atoms with Crippen molar-refractivity contribution in [1.82, 2.24) is 25.8 Å². The Morgan fingerprint density at radius 1 is 1.17 bits per heavy atom. The lowest BCUT2D eigenvalue weighted by Gasteiger charge is -2.44. The van der Waals surface area contributed by atoms with Crippen molar-refractivity contribution >= 4 is 12.7 Å². The van der Waals surface area contributed by atoms with Gasteiger partial charge in [-0.05, 0) is 20.8 Å². The smallest absolute Gasteiger partial charge is 0.129 e. The van der Waals surface area contributed by atoms with Crippen LogP contribution >= 0.6 is 0 Å². The lowest BCUT2D eigenvalue weighted by Crippen LogP contribution is -2.63. The molecule has 0 aliphatic carbocycles. The van der Waals surface area contributed by atoms with Crippen molar-refractivity contribution in [3.63, 3.8) is 0 Å². The molecule has 0 aromatic rings. The highest BCUT2D eigenvalue weighted by Gasteiger charge is 2.23. The monoisotopic (exact) mass is 255 g/mol. The summed E-state index contributed by atoms with van der Waals surface area (Å²) < 4.78 is 0. The van der Waals surface area contributed by atoms with Crippen LogP contribution in [0.5, 0.6) is 0 Å². The second-order valence-corrected chi connectivity index (χ2v) is 3.75. The first kappa shape index (κ1) is 15.0. The zero-order chi connectivity index (χ0) is 13.4. The van der Waals surface area contributed by atoms with Gasteiger partial charge in [-0.2, -0.15) is 5.12 Å². The summed E-state index contributed by atoms with van der Waals surface area (Å²) in [6.07, 6.45) is 3.39. The highest BCUT2D eigenvalue weighted by Crippen LogP contribution is 2.06. The molecule has 104 valence electrons. The molecular formula is C11H25N7. The second kappa shape index (κ2) is 8.15. The fourth-order valence-electron chi connectivity index (χ4n) is 1.92. The van der Waals surface area contributed by atoms with Crippen molar-refractivity contribution in [2.75, 3.05) is 32.8 Å². The topological polar surface area (TPSA) is 49.7 Å². The van der Waals surface area contributed by atoms with Gasteiger partial charge in [0.1, 0.15) is 19.3 Å².